The highest BCUT2D eigenvalue weighted by Crippen LogP contribution is 2.08. The van der Waals surface area contributed by atoms with Crippen LogP contribution in [0.1, 0.15) is 51.7 Å². The first-order chi connectivity index (χ1) is 19.4. The molecule has 40 heavy (non-hydrogen) atoms. The maximum atomic E-state index is 11.0. The van der Waals surface area contributed by atoms with E-state index in [4.69, 9.17) is 20.4 Å². The molecule has 1 aromatic heterocycles. The Balaban J connectivity index is 0. The molecule has 3 rings (SSSR count). The van der Waals surface area contributed by atoms with Gasteiger partial charge in [0.05, 0.1) is 6.67 Å². The average Bonchev–Trinajstić information content (AvgIpc) is 3.50. The third-order valence-corrected chi connectivity index (χ3v) is 4.72. The van der Waals surface area contributed by atoms with E-state index >= 15 is 0 Å². The molecule has 0 saturated carbocycles. The number of carbonyl (C=O) groups is 1. The van der Waals surface area contributed by atoms with Gasteiger partial charge in [0.1, 0.15) is 17.9 Å². The zero-order valence-electron chi connectivity index (χ0n) is 24.4. The van der Waals surface area contributed by atoms with Crippen LogP contribution in [-0.4, -0.2) is 29.1 Å². The maximum Gasteiger partial charge on any atom is 0.247 e. The van der Waals surface area contributed by atoms with Crippen LogP contribution in [0.2, 0.25) is 0 Å². The lowest BCUT2D eigenvalue weighted by molar-refractivity contribution is -0.128. The minimum atomic E-state index is -0.464. The lowest BCUT2D eigenvalue weighted by Gasteiger charge is -2.07. The minimum Gasteiger partial charge on any atom is -0.470 e. The van der Waals surface area contributed by atoms with E-state index in [1.165, 1.54) is 5.56 Å². The summed E-state index contributed by atoms with van der Waals surface area (Å²) < 4.78 is 11.3. The van der Waals surface area contributed by atoms with Crippen molar-refractivity contribution < 1.29 is 19.5 Å². The normalized spacial score (nSPS) is 11.9. The predicted octanol–water partition coefficient (Wildman–Crippen LogP) is 5.72. The van der Waals surface area contributed by atoms with Gasteiger partial charge in [-0.1, -0.05) is 81.6 Å². The van der Waals surface area contributed by atoms with Gasteiger partial charge in [0.25, 0.3) is 0 Å². The molecule has 0 atom stereocenters. The minimum absolute atomic E-state index is 0.0988. The predicted molar refractivity (Wildman–Crippen MR) is 164 cm³/mol. The van der Waals surface area contributed by atoms with E-state index in [9.17, 15) is 4.79 Å². The second-order valence-electron chi connectivity index (χ2n) is 7.59. The fourth-order valence-electron chi connectivity index (χ4n) is 2.72. The molecule has 1 fully saturated rings. The first kappa shape index (κ1) is 38.0. The molecule has 1 amide bonds. The van der Waals surface area contributed by atoms with Crippen molar-refractivity contribution in [3.63, 3.8) is 0 Å². The molecular formula is C32H46N4O4. The Kier molecular flexibility index (Phi) is 25.1. The number of amides is 1. The molecule has 4 N–H and O–H groups in total. The number of benzene rings is 1. The van der Waals surface area contributed by atoms with Gasteiger partial charge in [-0.25, -0.2) is 10.5 Å². The summed E-state index contributed by atoms with van der Waals surface area (Å²) in [6, 6.07) is 14.0. The number of aryl methyl sites for hydroxylation is 1. The lowest BCUT2D eigenvalue weighted by Crippen LogP contribution is -2.24. The summed E-state index contributed by atoms with van der Waals surface area (Å²) in [7, 11) is 0. The molecule has 0 radical (unpaired) electrons. The fraction of sp³-hybridized carbons (Fsp3) is 0.312. The number of hydroxylamine groups is 1. The molecule has 1 aliphatic rings. The van der Waals surface area contributed by atoms with Crippen molar-refractivity contribution in [3.05, 3.63) is 108 Å². The van der Waals surface area contributed by atoms with Crippen molar-refractivity contribution >= 4 is 12.0 Å². The second-order valence-corrected chi connectivity index (χ2v) is 7.59. The van der Waals surface area contributed by atoms with Crippen molar-refractivity contribution in [2.45, 2.75) is 53.6 Å². The molecule has 0 bridgehead atoms. The topological polar surface area (TPSA) is 111 Å². The first-order valence-electron chi connectivity index (χ1n) is 13.0. The molecule has 2 aromatic rings. The van der Waals surface area contributed by atoms with Gasteiger partial charge in [-0.2, -0.15) is 0 Å². The second kappa shape index (κ2) is 26.4. The largest absolute Gasteiger partial charge is 0.470 e. The van der Waals surface area contributed by atoms with Crippen LogP contribution in [0.5, 0.6) is 0 Å². The van der Waals surface area contributed by atoms with Crippen LogP contribution < -0.4 is 16.7 Å². The number of rotatable bonds is 8. The number of hydrogen-bond donors (Lipinski definition) is 3. The number of allylic oxidation sites excluding steroid dienone is 3. The Bertz CT molecular complexity index is 1100. The van der Waals surface area contributed by atoms with Gasteiger partial charge < -0.3 is 19.8 Å². The van der Waals surface area contributed by atoms with Crippen molar-refractivity contribution in [2.75, 3.05) is 13.4 Å². The molecule has 0 aliphatic carbocycles. The van der Waals surface area contributed by atoms with Crippen molar-refractivity contribution in [3.8, 4) is 12.8 Å². The van der Waals surface area contributed by atoms with E-state index in [-0.39, 0.29) is 13.1 Å². The van der Waals surface area contributed by atoms with E-state index < -0.39 is 5.91 Å². The van der Waals surface area contributed by atoms with Gasteiger partial charge in [0.2, 0.25) is 5.91 Å². The summed E-state index contributed by atoms with van der Waals surface area (Å²) in [5, 5.41) is 8.48. The molecule has 1 aromatic carbocycles. The molecular weight excluding hydrogens is 504 g/mol. The Morgan fingerprint density at radius 3 is 2.30 bits per heavy atom. The van der Waals surface area contributed by atoms with Crippen LogP contribution in [0, 0.1) is 12.8 Å². The van der Waals surface area contributed by atoms with Crippen LogP contribution >= 0.6 is 0 Å². The Morgan fingerprint density at radius 1 is 1.18 bits per heavy atom. The highest BCUT2D eigenvalue weighted by atomic mass is 16.7. The lowest BCUT2D eigenvalue weighted by atomic mass is 10.1. The molecule has 1 aliphatic heterocycles. The van der Waals surface area contributed by atoms with E-state index in [1.807, 2.05) is 80.9 Å². The zero-order chi connectivity index (χ0) is 30.6. The zero-order valence-corrected chi connectivity index (χ0v) is 24.4. The van der Waals surface area contributed by atoms with Gasteiger partial charge in [-0.05, 0) is 49.9 Å². The summed E-state index contributed by atoms with van der Waals surface area (Å²) >= 11 is 0. The number of ether oxygens (including phenoxy) is 2. The number of nitrogens with one attached hydrogen (secondary N) is 1. The number of carbonyl (C=O) groups excluding carboxylic acids is 1. The van der Waals surface area contributed by atoms with Gasteiger partial charge in [0.15, 0.2) is 6.79 Å². The maximum absolute atomic E-state index is 11.0. The standard InChI is InChI=1S/C20H24N4O2.C4H6O2.C4H8.C2H6.C2H2/c1-16(10-11-17-6-3-2-4-7-17)22-19-13-12-18(14-24(19)15-21)8-5-9-20(25)23-26;1-4-2-5-3-6-4;1-3-4-2;2*1-2/h2-8,12-14,26H,1,9-11,15,21H2,(H,23,25);1-3H2;3-4H,1-2H3;1-2H3;1-2H/b;;4-3+;;. The van der Waals surface area contributed by atoms with Gasteiger partial charge in [-0.15, -0.1) is 12.8 Å². The van der Waals surface area contributed by atoms with E-state index in [0.717, 1.165) is 35.3 Å². The smallest absolute Gasteiger partial charge is 0.247 e. The van der Waals surface area contributed by atoms with E-state index in [1.54, 1.807) is 17.6 Å². The van der Waals surface area contributed by atoms with Gasteiger partial charge in [-0.3, -0.25) is 10.0 Å². The number of aromatic nitrogens is 1. The van der Waals surface area contributed by atoms with Crippen molar-refractivity contribution in [2.24, 2.45) is 10.7 Å². The third kappa shape index (κ3) is 19.0. The molecule has 8 nitrogen and oxygen atoms in total. The van der Waals surface area contributed by atoms with Crippen LogP contribution in [-0.2, 0) is 27.4 Å². The summed E-state index contributed by atoms with van der Waals surface area (Å²) in [5.41, 5.74) is 11.1. The number of hydrogen-bond acceptors (Lipinski definition) is 6. The van der Waals surface area contributed by atoms with Gasteiger partial charge in [0, 0.05) is 18.3 Å². The fourth-order valence-corrected chi connectivity index (χ4v) is 2.72. The molecule has 2 heterocycles. The quantitative estimate of drug-likeness (QED) is 0.168. The molecule has 0 unspecified atom stereocenters. The average molecular weight is 551 g/mol. The molecule has 0 spiro atoms. The highest BCUT2D eigenvalue weighted by molar-refractivity contribution is 5.77. The van der Waals surface area contributed by atoms with Crippen molar-refractivity contribution in [1.29, 1.82) is 0 Å². The van der Waals surface area contributed by atoms with Crippen LogP contribution in [0.25, 0.3) is 6.08 Å². The van der Waals surface area contributed by atoms with Crippen LogP contribution in [0.4, 0.5) is 0 Å². The molecule has 1 saturated heterocycles. The summed E-state index contributed by atoms with van der Waals surface area (Å²) in [6.45, 7) is 16.8. The monoisotopic (exact) mass is 550 g/mol. The number of terminal acetylenes is 1. The van der Waals surface area contributed by atoms with E-state index in [0.29, 0.717) is 13.4 Å². The number of nitrogens with zero attached hydrogens (tertiary/aromatic N) is 2. The first-order valence-corrected chi connectivity index (χ1v) is 13.0. The Labute approximate surface area is 240 Å². The Hall–Kier alpha value is -4.16. The van der Waals surface area contributed by atoms with Crippen LogP contribution in [0.15, 0.2) is 96.5 Å². The molecule has 8 heteroatoms. The van der Waals surface area contributed by atoms with E-state index in [2.05, 4.69) is 43.1 Å². The van der Waals surface area contributed by atoms with Crippen LogP contribution in [0.3, 0.4) is 0 Å². The summed E-state index contributed by atoms with van der Waals surface area (Å²) in [6.07, 6.45) is 19.1. The summed E-state index contributed by atoms with van der Waals surface area (Å²) in [4.78, 5) is 15.6. The SMILES string of the molecule is C#C.C/C=C/C.C=C(CCc1ccccc1)N=c1ccc(C=CCC(=O)NO)cn1CN.C=C1COCO1.CC. The summed E-state index contributed by atoms with van der Waals surface area (Å²) in [5.74, 6) is 0.268. The van der Waals surface area contributed by atoms with Gasteiger partial charge >= 0.3 is 0 Å². The van der Waals surface area contributed by atoms with Crippen molar-refractivity contribution in [1.82, 2.24) is 10.0 Å². The number of pyridine rings is 1. The third-order valence-electron chi connectivity index (χ3n) is 4.72. The number of nitrogens with two attached hydrogens (primary N) is 1. The molecule has 218 valence electrons. The Morgan fingerprint density at radius 2 is 1.82 bits per heavy atom. The highest BCUT2D eigenvalue weighted by Gasteiger charge is 2.01.